The number of carbonyl (C=O) groups is 1. The van der Waals surface area contributed by atoms with E-state index in [1.807, 2.05) is 18.7 Å². The van der Waals surface area contributed by atoms with Crippen LogP contribution in [0.15, 0.2) is 0 Å². The van der Waals surface area contributed by atoms with Gasteiger partial charge < -0.3 is 16.0 Å². The van der Waals surface area contributed by atoms with Gasteiger partial charge >= 0.3 is 0 Å². The lowest BCUT2D eigenvalue weighted by atomic mass is 10.2. The van der Waals surface area contributed by atoms with E-state index in [1.165, 1.54) is 0 Å². The number of amides is 1. The Morgan fingerprint density at radius 1 is 1.61 bits per heavy atom. The van der Waals surface area contributed by atoms with E-state index in [0.717, 1.165) is 43.1 Å². The number of anilines is 2. The molecule has 1 aliphatic heterocycles. The Labute approximate surface area is 107 Å². The van der Waals surface area contributed by atoms with Crippen LogP contribution in [0.5, 0.6) is 0 Å². The van der Waals surface area contributed by atoms with E-state index < -0.39 is 0 Å². The van der Waals surface area contributed by atoms with Gasteiger partial charge in [-0.2, -0.15) is 5.10 Å². The third kappa shape index (κ3) is 2.27. The van der Waals surface area contributed by atoms with Crippen molar-refractivity contribution in [1.29, 1.82) is 0 Å². The van der Waals surface area contributed by atoms with Gasteiger partial charge in [-0.3, -0.25) is 9.48 Å². The zero-order valence-corrected chi connectivity index (χ0v) is 11.2. The van der Waals surface area contributed by atoms with Crippen molar-refractivity contribution in [3.05, 3.63) is 5.69 Å². The third-order valence-corrected chi connectivity index (χ3v) is 3.36. The van der Waals surface area contributed by atoms with Crippen molar-refractivity contribution in [1.82, 2.24) is 15.1 Å². The van der Waals surface area contributed by atoms with Gasteiger partial charge in [0.1, 0.15) is 5.82 Å². The monoisotopic (exact) mass is 251 g/mol. The lowest BCUT2D eigenvalue weighted by Crippen LogP contribution is -2.36. The molecule has 0 saturated carbocycles. The van der Waals surface area contributed by atoms with Gasteiger partial charge in [-0.05, 0) is 12.8 Å². The van der Waals surface area contributed by atoms with Gasteiger partial charge in [-0.1, -0.05) is 6.92 Å². The largest absolute Gasteiger partial charge is 0.394 e. The van der Waals surface area contributed by atoms with Gasteiger partial charge in [0.15, 0.2) is 0 Å². The molecular formula is C12H21N5O. The molecule has 0 spiro atoms. The van der Waals surface area contributed by atoms with Crippen LogP contribution in [0.1, 0.15) is 26.0 Å². The smallest absolute Gasteiger partial charge is 0.217 e. The number of rotatable bonds is 3. The summed E-state index contributed by atoms with van der Waals surface area (Å²) in [4.78, 5) is 13.3. The van der Waals surface area contributed by atoms with Gasteiger partial charge in [0.25, 0.3) is 0 Å². The summed E-state index contributed by atoms with van der Waals surface area (Å²) in [6.45, 7) is 5.30. The number of nitrogen functional groups attached to an aromatic ring is 1. The SMILES string of the molecule is CCc1nn(C)c(N2CCC(NC(C)=O)C2)c1N. The van der Waals surface area contributed by atoms with E-state index in [4.69, 9.17) is 5.73 Å². The van der Waals surface area contributed by atoms with Crippen molar-refractivity contribution >= 4 is 17.4 Å². The molecule has 0 bridgehead atoms. The first kappa shape index (κ1) is 12.7. The molecule has 1 saturated heterocycles. The maximum Gasteiger partial charge on any atom is 0.217 e. The predicted molar refractivity (Wildman–Crippen MR) is 71.4 cm³/mol. The fourth-order valence-electron chi connectivity index (χ4n) is 2.58. The molecule has 0 aromatic carbocycles. The summed E-state index contributed by atoms with van der Waals surface area (Å²) >= 11 is 0. The first-order chi connectivity index (χ1) is 8.52. The lowest BCUT2D eigenvalue weighted by Gasteiger charge is -2.19. The summed E-state index contributed by atoms with van der Waals surface area (Å²) in [5.74, 6) is 0.994. The average Bonchev–Trinajstić information content (AvgIpc) is 2.83. The van der Waals surface area contributed by atoms with E-state index in [-0.39, 0.29) is 11.9 Å². The molecule has 100 valence electrons. The van der Waals surface area contributed by atoms with Gasteiger partial charge in [-0.15, -0.1) is 0 Å². The molecule has 2 rings (SSSR count). The van der Waals surface area contributed by atoms with Crippen LogP contribution in [0, 0.1) is 0 Å². The van der Waals surface area contributed by atoms with Crippen molar-refractivity contribution in [3.8, 4) is 0 Å². The molecule has 1 amide bonds. The predicted octanol–water partition coefficient (Wildman–Crippen LogP) is 0.280. The van der Waals surface area contributed by atoms with Crippen molar-refractivity contribution < 1.29 is 4.79 Å². The van der Waals surface area contributed by atoms with E-state index in [9.17, 15) is 4.79 Å². The second-order valence-electron chi connectivity index (χ2n) is 4.79. The third-order valence-electron chi connectivity index (χ3n) is 3.36. The summed E-state index contributed by atoms with van der Waals surface area (Å²) in [7, 11) is 1.91. The molecule has 1 aliphatic rings. The van der Waals surface area contributed by atoms with Crippen LogP contribution in [-0.4, -0.2) is 34.8 Å². The molecule has 1 aromatic heterocycles. The van der Waals surface area contributed by atoms with E-state index in [2.05, 4.69) is 15.3 Å². The fourth-order valence-corrected chi connectivity index (χ4v) is 2.58. The highest BCUT2D eigenvalue weighted by Crippen LogP contribution is 2.29. The Morgan fingerprint density at radius 2 is 2.33 bits per heavy atom. The molecule has 1 atom stereocenters. The van der Waals surface area contributed by atoms with E-state index >= 15 is 0 Å². The summed E-state index contributed by atoms with van der Waals surface area (Å²) in [6.07, 6.45) is 1.79. The number of nitrogens with zero attached hydrogens (tertiary/aromatic N) is 3. The van der Waals surface area contributed by atoms with Crippen molar-refractivity contribution in [2.75, 3.05) is 23.7 Å². The molecule has 6 heteroatoms. The fraction of sp³-hybridized carbons (Fsp3) is 0.667. The zero-order chi connectivity index (χ0) is 13.3. The van der Waals surface area contributed by atoms with Crippen molar-refractivity contribution in [3.63, 3.8) is 0 Å². The van der Waals surface area contributed by atoms with Crippen molar-refractivity contribution in [2.45, 2.75) is 32.7 Å². The van der Waals surface area contributed by atoms with Gasteiger partial charge in [0, 0.05) is 33.1 Å². The molecule has 6 nitrogen and oxygen atoms in total. The Hall–Kier alpha value is -1.72. The number of nitrogens with two attached hydrogens (primary N) is 1. The number of aromatic nitrogens is 2. The van der Waals surface area contributed by atoms with E-state index in [1.54, 1.807) is 6.92 Å². The maximum absolute atomic E-state index is 11.1. The Balaban J connectivity index is 2.14. The molecule has 0 aliphatic carbocycles. The topological polar surface area (TPSA) is 76.2 Å². The zero-order valence-electron chi connectivity index (χ0n) is 11.2. The van der Waals surface area contributed by atoms with Crippen LogP contribution < -0.4 is 16.0 Å². The number of carbonyl (C=O) groups excluding carboxylic acids is 1. The normalized spacial score (nSPS) is 19.3. The van der Waals surface area contributed by atoms with Crippen LogP contribution in [0.4, 0.5) is 11.5 Å². The number of hydrogen-bond donors (Lipinski definition) is 2. The molecule has 1 fully saturated rings. The van der Waals surface area contributed by atoms with Crippen molar-refractivity contribution in [2.24, 2.45) is 7.05 Å². The number of hydrogen-bond acceptors (Lipinski definition) is 4. The van der Waals surface area contributed by atoms with Crippen LogP contribution in [0.2, 0.25) is 0 Å². The minimum Gasteiger partial charge on any atom is -0.394 e. The first-order valence-corrected chi connectivity index (χ1v) is 6.36. The highest BCUT2D eigenvalue weighted by Gasteiger charge is 2.27. The molecule has 3 N–H and O–H groups in total. The van der Waals surface area contributed by atoms with Gasteiger partial charge in [0.05, 0.1) is 11.4 Å². The average molecular weight is 251 g/mol. The second-order valence-corrected chi connectivity index (χ2v) is 4.79. The lowest BCUT2D eigenvalue weighted by molar-refractivity contribution is -0.119. The summed E-state index contributed by atoms with van der Waals surface area (Å²) in [5.41, 5.74) is 7.84. The highest BCUT2D eigenvalue weighted by atomic mass is 16.1. The van der Waals surface area contributed by atoms with Crippen LogP contribution in [0.25, 0.3) is 0 Å². The van der Waals surface area contributed by atoms with Crippen LogP contribution >= 0.6 is 0 Å². The molecule has 18 heavy (non-hydrogen) atoms. The Morgan fingerprint density at radius 3 is 2.89 bits per heavy atom. The number of aryl methyl sites for hydroxylation is 2. The highest BCUT2D eigenvalue weighted by molar-refractivity contribution is 5.73. The molecule has 1 aromatic rings. The Bertz CT molecular complexity index is 454. The molecule has 0 radical (unpaired) electrons. The van der Waals surface area contributed by atoms with E-state index in [0.29, 0.717) is 0 Å². The first-order valence-electron chi connectivity index (χ1n) is 6.36. The maximum atomic E-state index is 11.1. The molecule has 2 heterocycles. The van der Waals surface area contributed by atoms with Crippen LogP contribution in [-0.2, 0) is 18.3 Å². The molecule has 1 unspecified atom stereocenters. The molecular weight excluding hydrogens is 230 g/mol. The summed E-state index contributed by atoms with van der Waals surface area (Å²) in [6, 6.07) is 0.210. The summed E-state index contributed by atoms with van der Waals surface area (Å²) in [5, 5.41) is 7.37. The standard InChI is InChI=1S/C12H21N5O/c1-4-10-11(13)12(16(3)15-10)17-6-5-9(7-17)14-8(2)18/h9H,4-7,13H2,1-3H3,(H,14,18). The Kier molecular flexibility index (Phi) is 3.45. The summed E-state index contributed by atoms with van der Waals surface area (Å²) < 4.78 is 1.84. The van der Waals surface area contributed by atoms with Gasteiger partial charge in [0.2, 0.25) is 5.91 Å². The van der Waals surface area contributed by atoms with Gasteiger partial charge in [-0.25, -0.2) is 0 Å². The minimum atomic E-state index is 0.0223. The minimum absolute atomic E-state index is 0.0223. The second kappa shape index (κ2) is 4.88. The number of nitrogens with one attached hydrogen (secondary N) is 1. The van der Waals surface area contributed by atoms with Crippen LogP contribution in [0.3, 0.4) is 0 Å². The quantitative estimate of drug-likeness (QED) is 0.809.